The first-order valence-corrected chi connectivity index (χ1v) is 12.5. The van der Waals surface area contributed by atoms with Crippen LogP contribution in [0.3, 0.4) is 0 Å². The molecule has 0 saturated heterocycles. The maximum atomic E-state index is 12.5. The third-order valence-corrected chi connectivity index (χ3v) is 6.19. The molecule has 0 aliphatic carbocycles. The van der Waals surface area contributed by atoms with Gasteiger partial charge in [0.05, 0.1) is 34.7 Å². The van der Waals surface area contributed by atoms with Crippen molar-refractivity contribution in [2.45, 2.75) is 52.5 Å². The van der Waals surface area contributed by atoms with Crippen LogP contribution >= 0.6 is 23.2 Å². The predicted molar refractivity (Wildman–Crippen MR) is 148 cm³/mol. The molecule has 0 fully saturated rings. The molecule has 1 unspecified atom stereocenters. The second-order valence-corrected chi connectivity index (χ2v) is 9.82. The van der Waals surface area contributed by atoms with E-state index < -0.39 is 0 Å². The van der Waals surface area contributed by atoms with E-state index in [2.05, 4.69) is 36.1 Å². The number of methoxy groups -OCH3 is 1. The number of benzene rings is 2. The number of halogens is 2. The number of allylic oxidation sites excluding steroid dienone is 1. The van der Waals surface area contributed by atoms with Crippen molar-refractivity contribution in [3.05, 3.63) is 75.6 Å². The lowest BCUT2D eigenvalue weighted by Gasteiger charge is -2.30. The number of carbonyl (C=O) groups excluding carboxylic acids is 2. The van der Waals surface area contributed by atoms with Gasteiger partial charge in [-0.25, -0.2) is 0 Å². The van der Waals surface area contributed by atoms with Gasteiger partial charge in [0, 0.05) is 17.1 Å². The normalized spacial score (nSPS) is 12.1. The van der Waals surface area contributed by atoms with E-state index in [1.165, 1.54) is 13.4 Å². The predicted octanol–water partition coefficient (Wildman–Crippen LogP) is 6.11. The fourth-order valence-electron chi connectivity index (χ4n) is 3.56. The molecule has 0 spiro atoms. The Morgan fingerprint density at radius 1 is 1.14 bits per heavy atom. The van der Waals surface area contributed by atoms with Gasteiger partial charge in [0.2, 0.25) is 0 Å². The van der Waals surface area contributed by atoms with Crippen LogP contribution in [0.1, 0.15) is 56.0 Å². The number of rotatable bonds is 12. The average molecular weight is 539 g/mol. The Balaban J connectivity index is 0.00000150. The summed E-state index contributed by atoms with van der Waals surface area (Å²) in [4.78, 5) is 21.5. The smallest absolute Gasteiger partial charge is 0.292 e. The summed E-state index contributed by atoms with van der Waals surface area (Å²) in [5, 5.41) is 16.7. The van der Waals surface area contributed by atoms with E-state index in [0.717, 1.165) is 36.9 Å². The Morgan fingerprint density at radius 2 is 1.72 bits per heavy atom. The molecule has 1 atom stereocenters. The SMILES string of the molecule is CC(Cc1ccc(NC(=O)c2c(Cl)cccc2Cl)cc1)NC(=CO)C(C)(C)CCCCN.COC=O. The molecular weight excluding hydrogens is 501 g/mol. The molecule has 0 bridgehead atoms. The van der Waals surface area contributed by atoms with Crippen molar-refractivity contribution in [3.63, 3.8) is 0 Å². The number of ether oxygens (including phenoxy) is 1. The molecule has 0 aliphatic heterocycles. The van der Waals surface area contributed by atoms with Crippen LogP contribution in [0.5, 0.6) is 0 Å². The van der Waals surface area contributed by atoms with Gasteiger partial charge in [-0.15, -0.1) is 0 Å². The second kappa shape index (κ2) is 16.1. The number of unbranched alkanes of at least 4 members (excludes halogenated alkanes) is 1. The zero-order valence-corrected chi connectivity index (χ0v) is 22.8. The molecule has 198 valence electrons. The monoisotopic (exact) mass is 537 g/mol. The number of anilines is 1. The summed E-state index contributed by atoms with van der Waals surface area (Å²) in [6.07, 6.45) is 4.88. The average Bonchev–Trinajstić information content (AvgIpc) is 2.83. The first-order valence-electron chi connectivity index (χ1n) is 11.7. The molecule has 36 heavy (non-hydrogen) atoms. The molecule has 0 saturated carbocycles. The maximum absolute atomic E-state index is 12.5. The number of hydrogen-bond acceptors (Lipinski definition) is 6. The van der Waals surface area contributed by atoms with Crippen LogP contribution in [0.4, 0.5) is 5.69 Å². The Kier molecular flexibility index (Phi) is 14.0. The highest BCUT2D eigenvalue weighted by atomic mass is 35.5. The number of nitrogens with two attached hydrogens (primary N) is 1. The molecule has 2 rings (SSSR count). The second-order valence-electron chi connectivity index (χ2n) is 9.00. The Labute approximate surface area is 224 Å². The number of carbonyl (C=O) groups is 2. The lowest BCUT2D eigenvalue weighted by atomic mass is 9.83. The van der Waals surface area contributed by atoms with Crippen molar-refractivity contribution < 1.29 is 19.4 Å². The Bertz CT molecular complexity index is 975. The van der Waals surface area contributed by atoms with Crippen molar-refractivity contribution in [1.29, 1.82) is 0 Å². The van der Waals surface area contributed by atoms with Crippen LogP contribution in [0.25, 0.3) is 0 Å². The van der Waals surface area contributed by atoms with E-state index in [0.29, 0.717) is 28.7 Å². The quantitative estimate of drug-likeness (QED) is 0.147. The van der Waals surface area contributed by atoms with Crippen LogP contribution in [-0.4, -0.2) is 37.2 Å². The standard InChI is InChI=1S/C25H33Cl2N3O2.C2H4O2/c1-17(29-22(16-31)25(2,3)13-4-5-14-28)15-18-9-11-19(12-10-18)30-24(32)23-20(26)7-6-8-21(23)27;1-4-2-3/h6-12,16-17,29,31H,4-5,13-15,28H2,1-3H3,(H,30,32);2H,1H3. The van der Waals surface area contributed by atoms with Gasteiger partial charge in [0.15, 0.2) is 0 Å². The lowest BCUT2D eigenvalue weighted by molar-refractivity contribution is -0.126. The van der Waals surface area contributed by atoms with Crippen molar-refractivity contribution in [2.75, 3.05) is 19.0 Å². The molecule has 7 nitrogen and oxygen atoms in total. The third-order valence-electron chi connectivity index (χ3n) is 5.56. The van der Waals surface area contributed by atoms with Crippen molar-refractivity contribution in [3.8, 4) is 0 Å². The molecule has 1 amide bonds. The van der Waals surface area contributed by atoms with Gasteiger partial charge in [-0.2, -0.15) is 0 Å². The zero-order chi connectivity index (χ0) is 27.1. The minimum absolute atomic E-state index is 0.115. The minimum atomic E-state index is -0.349. The highest BCUT2D eigenvalue weighted by molar-refractivity contribution is 6.40. The van der Waals surface area contributed by atoms with Crippen molar-refractivity contribution >= 4 is 41.3 Å². The van der Waals surface area contributed by atoms with E-state index in [-0.39, 0.29) is 22.9 Å². The number of amides is 1. The highest BCUT2D eigenvalue weighted by Crippen LogP contribution is 2.31. The van der Waals surface area contributed by atoms with Crippen LogP contribution < -0.4 is 16.4 Å². The number of aliphatic hydroxyl groups excluding tert-OH is 1. The number of nitrogens with one attached hydrogen (secondary N) is 2. The fourth-order valence-corrected chi connectivity index (χ4v) is 4.12. The summed E-state index contributed by atoms with van der Waals surface area (Å²) in [6, 6.07) is 12.7. The lowest BCUT2D eigenvalue weighted by Crippen LogP contribution is -2.34. The molecule has 0 aromatic heterocycles. The highest BCUT2D eigenvalue weighted by Gasteiger charge is 2.24. The molecule has 5 N–H and O–H groups in total. The molecular formula is C27H37Cl2N3O4. The Morgan fingerprint density at radius 3 is 2.22 bits per heavy atom. The molecule has 2 aromatic rings. The van der Waals surface area contributed by atoms with Gasteiger partial charge in [-0.1, -0.05) is 61.7 Å². The van der Waals surface area contributed by atoms with Gasteiger partial charge in [-0.05, 0) is 62.6 Å². The summed E-state index contributed by atoms with van der Waals surface area (Å²) >= 11 is 12.2. The number of hydrogen-bond donors (Lipinski definition) is 4. The fraction of sp³-hybridized carbons (Fsp3) is 0.407. The van der Waals surface area contributed by atoms with Crippen LogP contribution in [0.2, 0.25) is 10.0 Å². The maximum Gasteiger partial charge on any atom is 0.292 e. The minimum Gasteiger partial charge on any atom is -0.514 e. The first-order chi connectivity index (χ1) is 17.1. The van der Waals surface area contributed by atoms with Crippen LogP contribution in [-0.2, 0) is 16.0 Å². The van der Waals surface area contributed by atoms with Crippen molar-refractivity contribution in [2.24, 2.45) is 11.1 Å². The van der Waals surface area contributed by atoms with E-state index in [1.54, 1.807) is 18.2 Å². The summed E-state index contributed by atoms with van der Waals surface area (Å²) in [5.74, 6) is -0.349. The van der Waals surface area contributed by atoms with Crippen LogP contribution in [0, 0.1) is 5.41 Å². The largest absolute Gasteiger partial charge is 0.514 e. The topological polar surface area (TPSA) is 114 Å². The number of aliphatic hydroxyl groups is 1. The Hall–Kier alpha value is -2.74. The molecule has 0 radical (unpaired) electrons. The zero-order valence-electron chi connectivity index (χ0n) is 21.3. The molecule has 0 heterocycles. The summed E-state index contributed by atoms with van der Waals surface area (Å²) < 4.78 is 3.86. The van der Waals surface area contributed by atoms with E-state index in [9.17, 15) is 9.90 Å². The van der Waals surface area contributed by atoms with E-state index >= 15 is 0 Å². The van der Waals surface area contributed by atoms with Crippen LogP contribution in [0.15, 0.2) is 54.4 Å². The molecule has 2 aromatic carbocycles. The van der Waals surface area contributed by atoms with Crippen molar-refractivity contribution in [1.82, 2.24) is 5.32 Å². The summed E-state index contributed by atoms with van der Waals surface area (Å²) in [7, 11) is 1.31. The van der Waals surface area contributed by atoms with E-state index in [1.807, 2.05) is 24.3 Å². The van der Waals surface area contributed by atoms with Gasteiger partial charge in [-0.3, -0.25) is 9.59 Å². The van der Waals surface area contributed by atoms with Gasteiger partial charge in [0.1, 0.15) is 0 Å². The molecule has 0 aliphatic rings. The third kappa shape index (κ3) is 10.5. The van der Waals surface area contributed by atoms with E-state index in [4.69, 9.17) is 33.7 Å². The summed E-state index contributed by atoms with van der Waals surface area (Å²) in [5.41, 5.74) is 8.29. The summed E-state index contributed by atoms with van der Waals surface area (Å²) in [6.45, 7) is 7.37. The molecule has 9 heteroatoms. The van der Waals surface area contributed by atoms with Gasteiger partial charge in [0.25, 0.3) is 12.4 Å². The first kappa shape index (κ1) is 31.3. The van der Waals surface area contributed by atoms with Gasteiger partial charge >= 0.3 is 0 Å². The van der Waals surface area contributed by atoms with Gasteiger partial charge < -0.3 is 26.2 Å².